The molecule has 4 heteroatoms. The first kappa shape index (κ1) is 23.2. The number of hydrogen-bond donors (Lipinski definition) is 0. The Labute approximate surface area is 164 Å². The van der Waals surface area contributed by atoms with Crippen LogP contribution in [0, 0.1) is 5.92 Å². The van der Waals surface area contributed by atoms with Crippen molar-refractivity contribution < 1.29 is 19.1 Å². The van der Waals surface area contributed by atoms with Crippen molar-refractivity contribution in [2.75, 3.05) is 0 Å². The van der Waals surface area contributed by atoms with Crippen molar-refractivity contribution >= 4 is 11.9 Å². The highest BCUT2D eigenvalue weighted by molar-refractivity contribution is 5.77. The van der Waals surface area contributed by atoms with E-state index in [2.05, 4.69) is 13.8 Å². The van der Waals surface area contributed by atoms with Gasteiger partial charge in [0.1, 0.15) is 0 Å². The van der Waals surface area contributed by atoms with Gasteiger partial charge in [-0.25, -0.2) is 0 Å². The summed E-state index contributed by atoms with van der Waals surface area (Å²) in [7, 11) is 0. The van der Waals surface area contributed by atoms with E-state index >= 15 is 0 Å². The number of para-hydroxylation sites is 2. The summed E-state index contributed by atoms with van der Waals surface area (Å²) in [6, 6.07) is 6.89. The molecule has 0 amide bonds. The van der Waals surface area contributed by atoms with E-state index in [0.29, 0.717) is 17.9 Å². The lowest BCUT2D eigenvalue weighted by Crippen LogP contribution is -2.18. The highest BCUT2D eigenvalue weighted by atomic mass is 16.6. The number of carbonyl (C=O) groups excluding carboxylic acids is 2. The van der Waals surface area contributed by atoms with Gasteiger partial charge in [0, 0.05) is 6.42 Å². The molecular formula is C23H36O4. The van der Waals surface area contributed by atoms with Crippen molar-refractivity contribution in [3.8, 4) is 11.5 Å². The molecule has 27 heavy (non-hydrogen) atoms. The van der Waals surface area contributed by atoms with Crippen LogP contribution < -0.4 is 9.47 Å². The number of hydrogen-bond acceptors (Lipinski definition) is 4. The number of esters is 2. The maximum Gasteiger partial charge on any atom is 0.314 e. The molecule has 1 atom stereocenters. The van der Waals surface area contributed by atoms with Gasteiger partial charge in [0.05, 0.1) is 5.92 Å². The molecule has 0 aliphatic heterocycles. The number of benzene rings is 1. The molecule has 0 aliphatic carbocycles. The van der Waals surface area contributed by atoms with Gasteiger partial charge in [-0.2, -0.15) is 0 Å². The van der Waals surface area contributed by atoms with Crippen LogP contribution in [0.25, 0.3) is 0 Å². The minimum absolute atomic E-state index is 0.163. The van der Waals surface area contributed by atoms with Crippen LogP contribution in [0.1, 0.15) is 91.4 Å². The highest BCUT2D eigenvalue weighted by Gasteiger charge is 2.18. The number of unbranched alkanes of at least 4 members (excludes halogenated alkanes) is 7. The third kappa shape index (κ3) is 10.2. The summed E-state index contributed by atoms with van der Waals surface area (Å²) in [4.78, 5) is 24.4. The van der Waals surface area contributed by atoms with Crippen molar-refractivity contribution in [1.29, 1.82) is 0 Å². The maximum absolute atomic E-state index is 12.3. The molecule has 0 aliphatic rings. The fourth-order valence-electron chi connectivity index (χ4n) is 2.87. The molecule has 0 saturated heterocycles. The smallest absolute Gasteiger partial charge is 0.314 e. The van der Waals surface area contributed by atoms with E-state index in [1.165, 1.54) is 19.3 Å². The summed E-state index contributed by atoms with van der Waals surface area (Å²) in [5.74, 6) is -0.0670. The number of carbonyl (C=O) groups is 2. The van der Waals surface area contributed by atoms with Crippen LogP contribution in [0.5, 0.6) is 11.5 Å². The van der Waals surface area contributed by atoms with E-state index < -0.39 is 0 Å². The van der Waals surface area contributed by atoms with Gasteiger partial charge < -0.3 is 9.47 Å². The fraction of sp³-hybridized carbons (Fsp3) is 0.652. The summed E-state index contributed by atoms with van der Waals surface area (Å²) in [5, 5.41) is 0. The van der Waals surface area contributed by atoms with Crippen LogP contribution in [0.4, 0.5) is 0 Å². The molecule has 0 bridgehead atoms. The first-order valence-corrected chi connectivity index (χ1v) is 10.6. The van der Waals surface area contributed by atoms with Crippen LogP contribution in [-0.4, -0.2) is 11.9 Å². The Morgan fingerprint density at radius 1 is 0.815 bits per heavy atom. The average molecular weight is 377 g/mol. The van der Waals surface area contributed by atoms with E-state index in [1.54, 1.807) is 24.3 Å². The Kier molecular flexibility index (Phi) is 12.2. The zero-order valence-corrected chi connectivity index (χ0v) is 17.3. The third-order valence-electron chi connectivity index (χ3n) is 4.66. The lowest BCUT2D eigenvalue weighted by atomic mass is 10.0. The third-order valence-corrected chi connectivity index (χ3v) is 4.66. The van der Waals surface area contributed by atoms with Crippen molar-refractivity contribution in [2.24, 2.45) is 5.92 Å². The predicted molar refractivity (Wildman–Crippen MR) is 109 cm³/mol. The molecule has 4 nitrogen and oxygen atoms in total. The normalized spacial score (nSPS) is 11.8. The maximum atomic E-state index is 12.3. The van der Waals surface area contributed by atoms with Gasteiger partial charge in [-0.05, 0) is 25.0 Å². The summed E-state index contributed by atoms with van der Waals surface area (Å²) in [6.07, 6.45) is 11.2. The zero-order chi connectivity index (χ0) is 19.9. The molecule has 1 aromatic rings. The van der Waals surface area contributed by atoms with Crippen LogP contribution in [-0.2, 0) is 9.59 Å². The van der Waals surface area contributed by atoms with Crippen LogP contribution >= 0.6 is 0 Å². The topological polar surface area (TPSA) is 52.6 Å². The molecule has 0 radical (unpaired) electrons. The van der Waals surface area contributed by atoms with Gasteiger partial charge in [0.15, 0.2) is 11.5 Å². The zero-order valence-electron chi connectivity index (χ0n) is 17.3. The van der Waals surface area contributed by atoms with Gasteiger partial charge >= 0.3 is 11.9 Å². The van der Waals surface area contributed by atoms with E-state index in [9.17, 15) is 9.59 Å². The first-order chi connectivity index (χ1) is 13.1. The van der Waals surface area contributed by atoms with Crippen molar-refractivity contribution in [3.05, 3.63) is 24.3 Å². The summed E-state index contributed by atoms with van der Waals surface area (Å²) in [6.45, 7) is 6.21. The quantitative estimate of drug-likeness (QED) is 0.212. The number of rotatable bonds is 14. The monoisotopic (exact) mass is 376 g/mol. The van der Waals surface area contributed by atoms with Gasteiger partial charge in [0.25, 0.3) is 0 Å². The molecule has 0 aromatic heterocycles. The lowest BCUT2D eigenvalue weighted by molar-refractivity contribution is -0.140. The Balaban J connectivity index is 2.46. The van der Waals surface area contributed by atoms with E-state index in [-0.39, 0.29) is 17.9 Å². The van der Waals surface area contributed by atoms with Gasteiger partial charge in [-0.3, -0.25) is 9.59 Å². The van der Waals surface area contributed by atoms with E-state index in [0.717, 1.165) is 44.9 Å². The Morgan fingerprint density at radius 3 is 2.04 bits per heavy atom. The standard InChI is InChI=1S/C23H36O4/c1-4-6-8-9-10-12-18-22(24)26-20-16-13-14-17-21(20)27-23(25)19(3)15-11-7-5-2/h13-14,16-17,19H,4-12,15,18H2,1-3H3. The molecule has 1 aromatic carbocycles. The Morgan fingerprint density at radius 2 is 1.37 bits per heavy atom. The number of ether oxygens (including phenoxy) is 2. The summed E-state index contributed by atoms with van der Waals surface area (Å²) < 4.78 is 10.9. The summed E-state index contributed by atoms with van der Waals surface area (Å²) >= 11 is 0. The molecule has 0 spiro atoms. The van der Waals surface area contributed by atoms with Crippen molar-refractivity contribution in [1.82, 2.24) is 0 Å². The second kappa shape index (κ2) is 14.2. The largest absolute Gasteiger partial charge is 0.423 e. The molecule has 152 valence electrons. The van der Waals surface area contributed by atoms with E-state index in [1.807, 2.05) is 6.92 Å². The van der Waals surface area contributed by atoms with Crippen molar-refractivity contribution in [3.63, 3.8) is 0 Å². The predicted octanol–water partition coefficient (Wildman–Crippen LogP) is 6.46. The fourth-order valence-corrected chi connectivity index (χ4v) is 2.87. The minimum atomic E-state index is -0.273. The molecule has 0 N–H and O–H groups in total. The van der Waals surface area contributed by atoms with Crippen LogP contribution in [0.15, 0.2) is 24.3 Å². The Hall–Kier alpha value is -1.84. The van der Waals surface area contributed by atoms with Gasteiger partial charge in [0.2, 0.25) is 0 Å². The van der Waals surface area contributed by atoms with Crippen LogP contribution in [0.2, 0.25) is 0 Å². The first-order valence-electron chi connectivity index (χ1n) is 10.6. The van der Waals surface area contributed by atoms with Crippen molar-refractivity contribution in [2.45, 2.75) is 91.4 Å². The van der Waals surface area contributed by atoms with Gasteiger partial charge in [-0.15, -0.1) is 0 Å². The van der Waals surface area contributed by atoms with Crippen LogP contribution in [0.3, 0.4) is 0 Å². The molecule has 0 saturated carbocycles. The lowest BCUT2D eigenvalue weighted by Gasteiger charge is -2.13. The molecule has 0 heterocycles. The molecule has 1 rings (SSSR count). The Bertz CT molecular complexity index is 553. The molecule has 1 unspecified atom stereocenters. The second-order valence-electron chi connectivity index (χ2n) is 7.26. The average Bonchev–Trinajstić information content (AvgIpc) is 2.66. The summed E-state index contributed by atoms with van der Waals surface area (Å²) in [5.41, 5.74) is 0. The van der Waals surface area contributed by atoms with E-state index in [4.69, 9.17) is 9.47 Å². The molecular weight excluding hydrogens is 340 g/mol. The van der Waals surface area contributed by atoms with Gasteiger partial charge in [-0.1, -0.05) is 84.3 Å². The molecule has 0 fully saturated rings. The second-order valence-corrected chi connectivity index (χ2v) is 7.26. The highest BCUT2D eigenvalue weighted by Crippen LogP contribution is 2.28. The minimum Gasteiger partial charge on any atom is -0.423 e. The SMILES string of the molecule is CCCCCCCCC(=O)Oc1ccccc1OC(=O)C(C)CCCCC.